The molecule has 31 heavy (non-hydrogen) atoms. The molecule has 6 heteroatoms. The van der Waals surface area contributed by atoms with Crippen molar-refractivity contribution in [1.29, 1.82) is 0 Å². The zero-order valence-corrected chi connectivity index (χ0v) is 16.6. The molecule has 0 bridgehead atoms. The summed E-state index contributed by atoms with van der Waals surface area (Å²) in [5, 5.41) is 12.7. The van der Waals surface area contributed by atoms with Gasteiger partial charge in [0.05, 0.1) is 22.5 Å². The van der Waals surface area contributed by atoms with Gasteiger partial charge in [-0.25, -0.2) is 9.37 Å². The van der Waals surface area contributed by atoms with E-state index in [0.29, 0.717) is 16.9 Å². The van der Waals surface area contributed by atoms with E-state index in [1.807, 2.05) is 60.7 Å². The molecule has 0 amide bonds. The van der Waals surface area contributed by atoms with Crippen molar-refractivity contribution in [2.24, 2.45) is 0 Å². The molecular weight excluding hydrogens is 393 g/mol. The number of hydrogen-bond acceptors (Lipinski definition) is 3. The summed E-state index contributed by atoms with van der Waals surface area (Å²) in [6.07, 6.45) is 0. The summed E-state index contributed by atoms with van der Waals surface area (Å²) in [5.41, 5.74) is 4.69. The summed E-state index contributed by atoms with van der Waals surface area (Å²) in [7, 11) is 0. The van der Waals surface area contributed by atoms with Gasteiger partial charge in [-0.15, -0.1) is 0 Å². The Bertz CT molecular complexity index is 1470. The normalized spacial score (nSPS) is 11.2. The second-order valence-electron chi connectivity index (χ2n) is 7.30. The standard InChI is InChI=1S/C25H18FN3O2/c1-15-21(18-12-13-20(30)19(26)14-18)25(31)29-24(27-15)22(16-8-4-2-5-9-16)23(28-29)17-10-6-3-7-11-17/h2-14,28,30H,1H3. The van der Waals surface area contributed by atoms with Crippen LogP contribution in [-0.4, -0.2) is 19.7 Å². The van der Waals surface area contributed by atoms with E-state index in [1.54, 1.807) is 6.92 Å². The molecule has 0 aliphatic rings. The number of rotatable bonds is 3. The quantitative estimate of drug-likeness (QED) is 0.430. The number of nitrogens with one attached hydrogen (secondary N) is 1. The third-order valence-electron chi connectivity index (χ3n) is 5.32. The molecule has 5 nitrogen and oxygen atoms in total. The summed E-state index contributed by atoms with van der Waals surface area (Å²) in [5.74, 6) is -1.25. The topological polar surface area (TPSA) is 70.4 Å². The molecular formula is C25H18FN3O2. The first-order valence-corrected chi connectivity index (χ1v) is 9.79. The molecule has 0 unspecified atom stereocenters. The Labute approximate surface area is 177 Å². The van der Waals surface area contributed by atoms with Crippen LogP contribution < -0.4 is 5.56 Å². The van der Waals surface area contributed by atoms with Crippen LogP contribution in [0.1, 0.15) is 5.69 Å². The van der Waals surface area contributed by atoms with Crippen molar-refractivity contribution >= 4 is 5.65 Å². The zero-order valence-electron chi connectivity index (χ0n) is 16.6. The number of halogens is 1. The van der Waals surface area contributed by atoms with Gasteiger partial charge in [-0.2, -0.15) is 4.52 Å². The minimum absolute atomic E-state index is 0.275. The van der Waals surface area contributed by atoms with Gasteiger partial charge in [0.1, 0.15) is 0 Å². The molecule has 5 rings (SSSR count). The largest absolute Gasteiger partial charge is 0.505 e. The first kappa shape index (κ1) is 18.8. The Morgan fingerprint density at radius 2 is 1.52 bits per heavy atom. The first-order valence-electron chi connectivity index (χ1n) is 9.79. The summed E-state index contributed by atoms with van der Waals surface area (Å²) in [6.45, 7) is 1.73. The lowest BCUT2D eigenvalue weighted by molar-refractivity contribution is 0.432. The molecule has 0 radical (unpaired) electrons. The molecule has 0 saturated carbocycles. The zero-order chi connectivity index (χ0) is 21.5. The summed E-state index contributed by atoms with van der Waals surface area (Å²) in [4.78, 5) is 18.2. The average Bonchev–Trinajstić information content (AvgIpc) is 3.17. The molecule has 5 aromatic rings. The van der Waals surface area contributed by atoms with Gasteiger partial charge in [0.25, 0.3) is 5.56 Å². The monoisotopic (exact) mass is 411 g/mol. The van der Waals surface area contributed by atoms with Gasteiger partial charge in [-0.1, -0.05) is 66.7 Å². The lowest BCUT2D eigenvalue weighted by Crippen LogP contribution is -2.19. The van der Waals surface area contributed by atoms with E-state index in [2.05, 4.69) is 5.10 Å². The van der Waals surface area contributed by atoms with Crippen LogP contribution in [0.25, 0.3) is 39.2 Å². The van der Waals surface area contributed by atoms with Crippen LogP contribution in [0.5, 0.6) is 5.75 Å². The number of phenols is 1. The maximum Gasteiger partial charge on any atom is 0.280 e. The van der Waals surface area contributed by atoms with E-state index < -0.39 is 11.6 Å². The van der Waals surface area contributed by atoms with Gasteiger partial charge in [0, 0.05) is 5.56 Å². The SMILES string of the molecule is Cc1nc2c(-c3ccccc3)c(-c3ccccc3)[nH]n2c(=O)c1-c1ccc(O)c(F)c1. The molecule has 0 saturated heterocycles. The molecule has 152 valence electrons. The molecule has 0 aliphatic carbocycles. The number of nitrogens with zero attached hydrogens (tertiary/aromatic N) is 2. The number of fused-ring (bicyclic) bond motifs is 1. The highest BCUT2D eigenvalue weighted by Crippen LogP contribution is 2.34. The molecule has 0 spiro atoms. The highest BCUT2D eigenvalue weighted by Gasteiger charge is 2.21. The van der Waals surface area contributed by atoms with Gasteiger partial charge in [0.15, 0.2) is 17.2 Å². The van der Waals surface area contributed by atoms with Crippen LogP contribution in [0.4, 0.5) is 4.39 Å². The van der Waals surface area contributed by atoms with Gasteiger partial charge < -0.3 is 5.11 Å². The lowest BCUT2D eigenvalue weighted by Gasteiger charge is -2.07. The van der Waals surface area contributed by atoms with Gasteiger partial charge in [-0.3, -0.25) is 9.89 Å². The van der Waals surface area contributed by atoms with E-state index in [-0.39, 0.29) is 11.1 Å². The predicted octanol–water partition coefficient (Wildman–Crippen LogP) is 5.18. The highest BCUT2D eigenvalue weighted by molar-refractivity contribution is 5.91. The summed E-state index contributed by atoms with van der Waals surface area (Å²) >= 11 is 0. The van der Waals surface area contributed by atoms with Crippen LogP contribution in [0.2, 0.25) is 0 Å². The number of aryl methyl sites for hydroxylation is 1. The average molecular weight is 411 g/mol. The fourth-order valence-corrected chi connectivity index (χ4v) is 3.87. The molecule has 2 aromatic heterocycles. The number of H-pyrrole nitrogens is 1. The Hall–Kier alpha value is -4.19. The highest BCUT2D eigenvalue weighted by atomic mass is 19.1. The van der Waals surface area contributed by atoms with Crippen LogP contribution in [-0.2, 0) is 0 Å². The molecule has 2 heterocycles. The molecule has 2 N–H and O–H groups in total. The first-order chi connectivity index (χ1) is 15.0. The molecule has 0 fully saturated rings. The third kappa shape index (κ3) is 3.09. The fourth-order valence-electron chi connectivity index (χ4n) is 3.87. The number of aromatic nitrogens is 3. The van der Waals surface area contributed by atoms with E-state index in [4.69, 9.17) is 4.98 Å². The smallest absolute Gasteiger partial charge is 0.280 e. The van der Waals surface area contributed by atoms with Crippen LogP contribution in [0.15, 0.2) is 83.7 Å². The molecule has 3 aromatic carbocycles. The number of aromatic hydroxyl groups is 1. The minimum atomic E-state index is -0.789. The van der Waals surface area contributed by atoms with E-state index in [9.17, 15) is 14.3 Å². The third-order valence-corrected chi connectivity index (χ3v) is 5.32. The van der Waals surface area contributed by atoms with Crippen molar-refractivity contribution < 1.29 is 9.50 Å². The van der Waals surface area contributed by atoms with E-state index in [0.717, 1.165) is 28.5 Å². The van der Waals surface area contributed by atoms with Crippen molar-refractivity contribution in [3.05, 3.63) is 101 Å². The van der Waals surface area contributed by atoms with Crippen molar-refractivity contribution in [2.75, 3.05) is 0 Å². The fraction of sp³-hybridized carbons (Fsp3) is 0.0400. The molecule has 0 atom stereocenters. The second-order valence-corrected chi connectivity index (χ2v) is 7.30. The maximum atomic E-state index is 14.0. The summed E-state index contributed by atoms with van der Waals surface area (Å²) in [6, 6.07) is 23.4. The van der Waals surface area contributed by atoms with Crippen molar-refractivity contribution in [3.63, 3.8) is 0 Å². The predicted molar refractivity (Wildman–Crippen MR) is 118 cm³/mol. The van der Waals surface area contributed by atoms with Crippen molar-refractivity contribution in [1.82, 2.24) is 14.6 Å². The second kappa shape index (κ2) is 7.25. The van der Waals surface area contributed by atoms with E-state index >= 15 is 0 Å². The van der Waals surface area contributed by atoms with Crippen molar-refractivity contribution in [2.45, 2.75) is 6.92 Å². The number of aromatic amines is 1. The lowest BCUT2D eigenvalue weighted by atomic mass is 10.0. The Morgan fingerprint density at radius 3 is 2.16 bits per heavy atom. The number of hydrogen-bond donors (Lipinski definition) is 2. The number of benzene rings is 3. The van der Waals surface area contributed by atoms with Gasteiger partial charge in [0.2, 0.25) is 0 Å². The van der Waals surface area contributed by atoms with Gasteiger partial charge in [-0.05, 0) is 30.2 Å². The van der Waals surface area contributed by atoms with Gasteiger partial charge >= 0.3 is 0 Å². The molecule has 0 aliphatic heterocycles. The Balaban J connectivity index is 1.86. The Morgan fingerprint density at radius 1 is 0.871 bits per heavy atom. The van der Waals surface area contributed by atoms with Crippen LogP contribution in [0, 0.1) is 12.7 Å². The van der Waals surface area contributed by atoms with Crippen molar-refractivity contribution in [3.8, 4) is 39.3 Å². The number of phenolic OH excluding ortho intramolecular Hbond substituents is 1. The van der Waals surface area contributed by atoms with E-state index in [1.165, 1.54) is 16.6 Å². The van der Waals surface area contributed by atoms with Crippen LogP contribution >= 0.6 is 0 Å². The maximum absolute atomic E-state index is 14.0. The summed E-state index contributed by atoms with van der Waals surface area (Å²) < 4.78 is 15.4. The minimum Gasteiger partial charge on any atom is -0.505 e. The Kier molecular flexibility index (Phi) is 4.40. The van der Waals surface area contributed by atoms with Crippen LogP contribution in [0.3, 0.4) is 0 Å².